The fourth-order valence-electron chi connectivity index (χ4n) is 8.52. The monoisotopic (exact) mass is 965 g/mol. The average molecular weight is 966 g/mol. The van der Waals surface area contributed by atoms with E-state index in [4.69, 9.17) is 9.05 Å². The number of unbranched alkanes of at least 4 members (excludes halogenated alkanes) is 36. The summed E-state index contributed by atoms with van der Waals surface area (Å²) in [5.41, 5.74) is 0. The van der Waals surface area contributed by atoms with Crippen LogP contribution in [0.2, 0.25) is 0 Å². The molecule has 0 rings (SSSR count). The zero-order valence-corrected chi connectivity index (χ0v) is 46.0. The second-order valence-corrected chi connectivity index (χ2v) is 22.4. The second kappa shape index (κ2) is 49.7. The van der Waals surface area contributed by atoms with Crippen molar-refractivity contribution in [3.05, 3.63) is 36.5 Å². The van der Waals surface area contributed by atoms with Crippen molar-refractivity contribution in [3.8, 4) is 0 Å². The number of phosphoric ester groups is 1. The molecule has 0 bridgehead atoms. The van der Waals surface area contributed by atoms with E-state index in [1.165, 1.54) is 218 Å². The van der Waals surface area contributed by atoms with Crippen LogP contribution in [0.25, 0.3) is 0 Å². The van der Waals surface area contributed by atoms with Crippen molar-refractivity contribution in [1.82, 2.24) is 5.32 Å². The predicted octanol–water partition coefficient (Wildman–Crippen LogP) is 16.7. The number of carbonyl (C=O) groups excluding carboxylic acids is 1. The molecular formula is C58H113N2O6P. The van der Waals surface area contributed by atoms with Gasteiger partial charge in [-0.3, -0.25) is 9.36 Å². The van der Waals surface area contributed by atoms with Gasteiger partial charge in [0.15, 0.2) is 0 Å². The summed E-state index contributed by atoms with van der Waals surface area (Å²) in [5, 5.41) is 13.9. The van der Waals surface area contributed by atoms with E-state index in [0.717, 1.165) is 38.5 Å². The minimum atomic E-state index is -4.60. The number of hydrogen-bond donors (Lipinski definition) is 2. The summed E-state index contributed by atoms with van der Waals surface area (Å²) in [6.07, 6.45) is 63.7. The molecule has 9 heteroatoms. The van der Waals surface area contributed by atoms with Crippen molar-refractivity contribution in [2.24, 2.45) is 0 Å². The topological polar surface area (TPSA) is 108 Å². The van der Waals surface area contributed by atoms with E-state index in [2.05, 4.69) is 43.5 Å². The number of amides is 1. The van der Waals surface area contributed by atoms with Crippen LogP contribution in [-0.2, 0) is 18.4 Å². The molecule has 0 saturated heterocycles. The molecular weight excluding hydrogens is 852 g/mol. The fourth-order valence-corrected chi connectivity index (χ4v) is 9.24. The molecule has 3 unspecified atom stereocenters. The molecule has 0 spiro atoms. The highest BCUT2D eigenvalue weighted by Crippen LogP contribution is 2.38. The van der Waals surface area contributed by atoms with Crippen molar-refractivity contribution in [2.45, 2.75) is 289 Å². The number of hydrogen-bond acceptors (Lipinski definition) is 6. The Morgan fingerprint density at radius 2 is 0.836 bits per heavy atom. The molecule has 2 N–H and O–H groups in total. The number of aliphatic hydroxyl groups is 1. The molecule has 0 aliphatic heterocycles. The zero-order valence-electron chi connectivity index (χ0n) is 45.1. The smallest absolute Gasteiger partial charge is 0.268 e. The third-order valence-electron chi connectivity index (χ3n) is 13.1. The molecule has 0 aliphatic carbocycles. The van der Waals surface area contributed by atoms with Crippen LogP contribution in [0, 0.1) is 0 Å². The minimum absolute atomic E-state index is 0.00573. The number of phosphoric acid groups is 1. The lowest BCUT2D eigenvalue weighted by molar-refractivity contribution is -0.870. The van der Waals surface area contributed by atoms with Gasteiger partial charge in [0.1, 0.15) is 13.2 Å². The molecule has 0 aromatic rings. The maximum Gasteiger partial charge on any atom is 0.268 e. The Morgan fingerprint density at radius 3 is 1.21 bits per heavy atom. The van der Waals surface area contributed by atoms with E-state index >= 15 is 0 Å². The van der Waals surface area contributed by atoms with Crippen molar-refractivity contribution < 1.29 is 32.9 Å². The zero-order chi connectivity index (χ0) is 49.2. The summed E-state index contributed by atoms with van der Waals surface area (Å²) in [7, 11) is 1.25. The van der Waals surface area contributed by atoms with E-state index in [1.807, 2.05) is 27.2 Å². The summed E-state index contributed by atoms with van der Waals surface area (Å²) in [4.78, 5) is 25.5. The molecule has 67 heavy (non-hydrogen) atoms. The summed E-state index contributed by atoms with van der Waals surface area (Å²) in [6, 6.07) is -0.903. The van der Waals surface area contributed by atoms with Gasteiger partial charge in [0.25, 0.3) is 7.82 Å². The van der Waals surface area contributed by atoms with Crippen molar-refractivity contribution >= 4 is 13.7 Å². The van der Waals surface area contributed by atoms with Crippen LogP contribution in [0.1, 0.15) is 277 Å². The SMILES string of the molecule is CCCCCCCCCCCCCC/C=C\CCCCCCCCCCCCCC(=O)NC(COP(=O)([O-])OCC[N+](C)(C)C)C(O)/C=C/CC/C=C/CCCCCCCCCCCCCC. The molecule has 0 aromatic heterocycles. The molecule has 3 atom stereocenters. The van der Waals surface area contributed by atoms with Gasteiger partial charge in [-0.05, 0) is 57.8 Å². The van der Waals surface area contributed by atoms with E-state index in [9.17, 15) is 19.4 Å². The number of nitrogens with one attached hydrogen (secondary N) is 1. The predicted molar refractivity (Wildman–Crippen MR) is 288 cm³/mol. The fraction of sp³-hybridized carbons (Fsp3) is 0.879. The maximum absolute atomic E-state index is 13.0. The van der Waals surface area contributed by atoms with Crippen LogP contribution in [0.5, 0.6) is 0 Å². The van der Waals surface area contributed by atoms with Gasteiger partial charge in [-0.15, -0.1) is 0 Å². The van der Waals surface area contributed by atoms with Crippen LogP contribution in [0.4, 0.5) is 0 Å². The number of quaternary nitrogens is 1. The Kier molecular flexibility index (Phi) is 48.7. The van der Waals surface area contributed by atoms with Gasteiger partial charge in [-0.1, -0.05) is 249 Å². The molecule has 1 amide bonds. The molecule has 0 heterocycles. The highest BCUT2D eigenvalue weighted by molar-refractivity contribution is 7.45. The Bertz CT molecular complexity index is 1190. The van der Waals surface area contributed by atoms with Crippen molar-refractivity contribution in [2.75, 3.05) is 40.9 Å². The summed E-state index contributed by atoms with van der Waals surface area (Å²) < 4.78 is 23.3. The van der Waals surface area contributed by atoms with Crippen LogP contribution in [0.3, 0.4) is 0 Å². The first-order chi connectivity index (χ1) is 32.5. The first kappa shape index (κ1) is 65.7. The Balaban J connectivity index is 4.20. The Morgan fingerprint density at radius 1 is 0.507 bits per heavy atom. The number of likely N-dealkylation sites (N-methyl/N-ethyl adjacent to an activating group) is 1. The first-order valence-electron chi connectivity index (χ1n) is 28.9. The number of nitrogens with zero attached hydrogens (tertiary/aromatic N) is 1. The lowest BCUT2D eigenvalue weighted by Crippen LogP contribution is -2.45. The third kappa shape index (κ3) is 52.4. The van der Waals surface area contributed by atoms with E-state index in [1.54, 1.807) is 6.08 Å². The number of rotatable bonds is 53. The molecule has 0 saturated carbocycles. The standard InChI is InChI=1S/C58H113N2O6P/c1-6-8-10-12-14-16-18-20-22-24-26-27-28-29-30-31-32-33-34-36-38-40-42-44-46-48-50-52-58(62)59-56(55-66-67(63,64)65-54-53-60(3,4)5)57(61)51-49-47-45-43-41-39-37-35-25-23-21-19-17-15-13-11-9-7-2/h29-30,41,43,49,51,56-57,61H,6-28,31-40,42,44-48,50,52-55H2,1-5H3,(H-,59,62,63,64)/b30-29-,43-41+,51-49+. The van der Waals surface area contributed by atoms with Gasteiger partial charge >= 0.3 is 0 Å². The second-order valence-electron chi connectivity index (χ2n) is 21.0. The summed E-state index contributed by atoms with van der Waals surface area (Å²) in [6.45, 7) is 4.66. The summed E-state index contributed by atoms with van der Waals surface area (Å²) >= 11 is 0. The van der Waals surface area contributed by atoms with Gasteiger partial charge in [0.2, 0.25) is 5.91 Å². The van der Waals surface area contributed by atoms with Gasteiger partial charge in [-0.2, -0.15) is 0 Å². The lowest BCUT2D eigenvalue weighted by atomic mass is 10.0. The average Bonchev–Trinajstić information content (AvgIpc) is 3.29. The first-order valence-corrected chi connectivity index (χ1v) is 30.3. The van der Waals surface area contributed by atoms with E-state index in [-0.39, 0.29) is 12.5 Å². The molecule has 8 nitrogen and oxygen atoms in total. The van der Waals surface area contributed by atoms with E-state index < -0.39 is 26.6 Å². The molecule has 0 aromatic carbocycles. The minimum Gasteiger partial charge on any atom is -0.756 e. The highest BCUT2D eigenvalue weighted by atomic mass is 31.2. The molecule has 396 valence electrons. The van der Waals surface area contributed by atoms with Crippen molar-refractivity contribution in [1.29, 1.82) is 0 Å². The number of allylic oxidation sites excluding steroid dienone is 5. The van der Waals surface area contributed by atoms with Crippen LogP contribution < -0.4 is 10.2 Å². The highest BCUT2D eigenvalue weighted by Gasteiger charge is 2.23. The Labute approximate surface area is 417 Å². The molecule has 0 aliphatic rings. The van der Waals surface area contributed by atoms with Crippen LogP contribution in [-0.4, -0.2) is 68.5 Å². The number of carbonyl (C=O) groups is 1. The number of aliphatic hydroxyl groups excluding tert-OH is 1. The molecule has 0 radical (unpaired) electrons. The largest absolute Gasteiger partial charge is 0.756 e. The maximum atomic E-state index is 13.0. The van der Waals surface area contributed by atoms with E-state index in [0.29, 0.717) is 17.4 Å². The summed E-state index contributed by atoms with van der Waals surface area (Å²) in [5.74, 6) is -0.205. The van der Waals surface area contributed by atoms with Gasteiger partial charge in [0, 0.05) is 6.42 Å². The van der Waals surface area contributed by atoms with Gasteiger partial charge < -0.3 is 28.8 Å². The third-order valence-corrected chi connectivity index (χ3v) is 14.0. The van der Waals surface area contributed by atoms with Crippen LogP contribution in [0.15, 0.2) is 36.5 Å². The lowest BCUT2D eigenvalue weighted by Gasteiger charge is -2.29. The van der Waals surface area contributed by atoms with Gasteiger partial charge in [0.05, 0.1) is 39.9 Å². The Hall–Kier alpha value is -1.28. The van der Waals surface area contributed by atoms with Gasteiger partial charge in [-0.25, -0.2) is 0 Å². The quantitative estimate of drug-likeness (QED) is 0.0272. The normalized spacial score (nSPS) is 14.2. The van der Waals surface area contributed by atoms with Crippen molar-refractivity contribution in [3.63, 3.8) is 0 Å². The van der Waals surface area contributed by atoms with Crippen LogP contribution >= 0.6 is 7.82 Å². The molecule has 0 fully saturated rings.